The quantitative estimate of drug-likeness (QED) is 0.638. The van der Waals surface area contributed by atoms with Gasteiger partial charge in [0.15, 0.2) is 0 Å². The molecule has 3 N–H and O–H groups in total. The normalized spacial score (nSPS) is 22.3. The first-order chi connectivity index (χ1) is 14.0. The van der Waals surface area contributed by atoms with E-state index in [0.29, 0.717) is 11.3 Å². The molecule has 1 aromatic heterocycles. The smallest absolute Gasteiger partial charge is 0.272 e. The summed E-state index contributed by atoms with van der Waals surface area (Å²) in [6.45, 7) is 4.17. The third kappa shape index (κ3) is 2.75. The Balaban J connectivity index is 1.47. The van der Waals surface area contributed by atoms with E-state index in [1.807, 2.05) is 24.3 Å². The number of amides is 2. The minimum Gasteiger partial charge on any atom is -0.358 e. The number of nitrogens with zero attached hydrogens (tertiary/aromatic N) is 1. The number of rotatable bonds is 4. The van der Waals surface area contributed by atoms with Gasteiger partial charge in [-0.3, -0.25) is 9.59 Å². The van der Waals surface area contributed by atoms with Crippen LogP contribution in [0.4, 0.5) is 5.69 Å². The molecule has 6 heteroatoms. The van der Waals surface area contributed by atoms with Crippen molar-refractivity contribution >= 4 is 34.6 Å². The van der Waals surface area contributed by atoms with Gasteiger partial charge in [-0.05, 0) is 30.5 Å². The first kappa shape index (κ1) is 17.7. The highest BCUT2D eigenvalue weighted by atomic mass is 16.2. The number of hydrogen-bond acceptors (Lipinski definition) is 3. The minimum absolute atomic E-state index is 0.0179. The molecule has 0 saturated heterocycles. The number of hydrazone groups is 1. The maximum atomic E-state index is 12.9. The molecule has 0 spiro atoms. The Morgan fingerprint density at radius 3 is 2.83 bits per heavy atom. The molecule has 2 aliphatic rings. The molecular formula is C23H22N4O2. The molecule has 3 aromatic rings. The fourth-order valence-corrected chi connectivity index (χ4v) is 4.41. The summed E-state index contributed by atoms with van der Waals surface area (Å²) in [6, 6.07) is 13.8. The Kier molecular flexibility index (Phi) is 3.84. The average molecular weight is 386 g/mol. The van der Waals surface area contributed by atoms with Crippen molar-refractivity contribution in [2.45, 2.75) is 32.1 Å². The van der Waals surface area contributed by atoms with Crippen molar-refractivity contribution < 1.29 is 9.59 Å². The number of nitrogens with one attached hydrogen (secondary N) is 3. The molecule has 146 valence electrons. The van der Waals surface area contributed by atoms with Crippen LogP contribution in [0.15, 0.2) is 47.6 Å². The van der Waals surface area contributed by atoms with Crippen LogP contribution >= 0.6 is 0 Å². The number of aryl methyl sites for hydroxylation is 1. The summed E-state index contributed by atoms with van der Waals surface area (Å²) >= 11 is 0. The van der Waals surface area contributed by atoms with Crippen molar-refractivity contribution in [3.8, 4) is 0 Å². The van der Waals surface area contributed by atoms with Crippen molar-refractivity contribution in [3.63, 3.8) is 0 Å². The fraction of sp³-hybridized carbons (Fsp3) is 0.261. The molecule has 6 nitrogen and oxygen atoms in total. The molecule has 0 bridgehead atoms. The van der Waals surface area contributed by atoms with E-state index in [9.17, 15) is 9.59 Å². The molecule has 1 aliphatic heterocycles. The van der Waals surface area contributed by atoms with Crippen molar-refractivity contribution in [1.82, 2.24) is 10.4 Å². The molecule has 1 aliphatic carbocycles. The van der Waals surface area contributed by atoms with E-state index in [2.05, 4.69) is 46.8 Å². The number of benzene rings is 2. The maximum Gasteiger partial charge on any atom is 0.272 e. The summed E-state index contributed by atoms with van der Waals surface area (Å²) in [5, 5.41) is 7.90. The van der Waals surface area contributed by atoms with Gasteiger partial charge in [-0.15, -0.1) is 0 Å². The second-order valence-electron chi connectivity index (χ2n) is 8.05. The number of hydrogen-bond donors (Lipinski definition) is 3. The highest BCUT2D eigenvalue weighted by Gasteiger charge is 2.55. The monoisotopic (exact) mass is 386 g/mol. The highest BCUT2D eigenvalue weighted by Crippen LogP contribution is 2.54. The lowest BCUT2D eigenvalue weighted by Gasteiger charge is -2.13. The average Bonchev–Trinajstić information content (AvgIpc) is 3.35. The number of anilines is 1. The van der Waals surface area contributed by atoms with E-state index in [4.69, 9.17) is 0 Å². The number of carbonyl (C=O) groups excluding carboxylic acids is 2. The van der Waals surface area contributed by atoms with E-state index in [1.165, 1.54) is 5.56 Å². The Bertz CT molecular complexity index is 1180. The van der Waals surface area contributed by atoms with E-state index >= 15 is 0 Å². The third-order valence-corrected chi connectivity index (χ3v) is 6.23. The third-order valence-electron chi connectivity index (χ3n) is 6.23. The largest absolute Gasteiger partial charge is 0.358 e. The van der Waals surface area contributed by atoms with Crippen LogP contribution in [0.25, 0.3) is 10.9 Å². The summed E-state index contributed by atoms with van der Waals surface area (Å²) in [5.41, 5.74) is 7.49. The van der Waals surface area contributed by atoms with E-state index < -0.39 is 0 Å². The highest BCUT2D eigenvalue weighted by molar-refractivity contribution is 6.16. The SMILES string of the molecule is CCc1[nH]c2cc(NC(=O)[C@@H]3CC3(C)c3ccccc3)cc3c2c1C=NNC3=O. The van der Waals surface area contributed by atoms with Crippen LogP contribution in [0.1, 0.15) is 47.4 Å². The van der Waals surface area contributed by atoms with Gasteiger partial charge in [-0.25, -0.2) is 5.43 Å². The van der Waals surface area contributed by atoms with Gasteiger partial charge in [0.25, 0.3) is 5.91 Å². The molecule has 0 radical (unpaired) electrons. The molecule has 5 rings (SSSR count). The van der Waals surface area contributed by atoms with Gasteiger partial charge in [-0.2, -0.15) is 5.10 Å². The second-order valence-corrected chi connectivity index (χ2v) is 8.05. The summed E-state index contributed by atoms with van der Waals surface area (Å²) in [4.78, 5) is 28.8. The van der Waals surface area contributed by atoms with Crippen molar-refractivity contribution in [3.05, 3.63) is 64.8 Å². The van der Waals surface area contributed by atoms with Gasteiger partial charge in [0, 0.05) is 39.2 Å². The standard InChI is InChI=1S/C23H22N4O2/c1-3-18-16-12-24-27-21(28)15-9-14(10-19(26-18)20(15)16)25-22(29)17-11-23(17,2)13-7-5-4-6-8-13/h4-10,12,17,26H,3,11H2,1-2H3,(H,25,29)(H,27,28)/t17-,23?/m0/s1. The Morgan fingerprint density at radius 1 is 1.28 bits per heavy atom. The van der Waals surface area contributed by atoms with E-state index in [0.717, 1.165) is 35.0 Å². The van der Waals surface area contributed by atoms with Crippen LogP contribution < -0.4 is 10.7 Å². The maximum absolute atomic E-state index is 12.9. The summed E-state index contributed by atoms with van der Waals surface area (Å²) in [7, 11) is 0. The zero-order valence-electron chi connectivity index (χ0n) is 16.4. The summed E-state index contributed by atoms with van der Waals surface area (Å²) < 4.78 is 0. The lowest BCUT2D eigenvalue weighted by Crippen LogP contribution is -2.20. The number of H-pyrrole nitrogens is 1. The number of aromatic amines is 1. The molecule has 1 unspecified atom stereocenters. The molecule has 1 saturated carbocycles. The Hall–Kier alpha value is -3.41. The molecule has 1 fully saturated rings. The van der Waals surface area contributed by atoms with Crippen LogP contribution in [0.2, 0.25) is 0 Å². The zero-order valence-corrected chi connectivity index (χ0v) is 16.4. The van der Waals surface area contributed by atoms with Crippen molar-refractivity contribution in [1.29, 1.82) is 0 Å². The predicted molar refractivity (Wildman–Crippen MR) is 113 cm³/mol. The lowest BCUT2D eigenvalue weighted by molar-refractivity contribution is -0.117. The van der Waals surface area contributed by atoms with Gasteiger partial charge < -0.3 is 10.3 Å². The second kappa shape index (κ2) is 6.30. The topological polar surface area (TPSA) is 86.3 Å². The first-order valence-electron chi connectivity index (χ1n) is 9.89. The summed E-state index contributed by atoms with van der Waals surface area (Å²) in [5.74, 6) is -0.374. The van der Waals surface area contributed by atoms with E-state index in [-0.39, 0.29) is 23.1 Å². The van der Waals surface area contributed by atoms with Crippen LogP contribution in [0.5, 0.6) is 0 Å². The Morgan fingerprint density at radius 2 is 2.07 bits per heavy atom. The number of aromatic nitrogens is 1. The lowest BCUT2D eigenvalue weighted by atomic mass is 9.95. The van der Waals surface area contributed by atoms with Crippen LogP contribution in [0, 0.1) is 5.92 Å². The van der Waals surface area contributed by atoms with Crippen LogP contribution in [-0.4, -0.2) is 23.0 Å². The van der Waals surface area contributed by atoms with Gasteiger partial charge in [0.1, 0.15) is 0 Å². The predicted octanol–water partition coefficient (Wildman–Crippen LogP) is 3.72. The first-order valence-corrected chi connectivity index (χ1v) is 9.89. The Labute approximate surface area is 168 Å². The molecular weight excluding hydrogens is 364 g/mol. The molecule has 29 heavy (non-hydrogen) atoms. The molecule has 2 aromatic carbocycles. The van der Waals surface area contributed by atoms with Crippen LogP contribution in [0.3, 0.4) is 0 Å². The van der Waals surface area contributed by atoms with E-state index in [1.54, 1.807) is 12.3 Å². The molecule has 2 atom stereocenters. The van der Waals surface area contributed by atoms with Gasteiger partial charge >= 0.3 is 0 Å². The van der Waals surface area contributed by atoms with Crippen molar-refractivity contribution in [2.24, 2.45) is 11.0 Å². The van der Waals surface area contributed by atoms with Crippen LogP contribution in [-0.2, 0) is 16.6 Å². The van der Waals surface area contributed by atoms with Gasteiger partial charge in [0.2, 0.25) is 5.91 Å². The van der Waals surface area contributed by atoms with Crippen molar-refractivity contribution in [2.75, 3.05) is 5.32 Å². The molecule has 2 amide bonds. The van der Waals surface area contributed by atoms with Gasteiger partial charge in [0.05, 0.1) is 11.8 Å². The minimum atomic E-state index is -0.275. The van der Waals surface area contributed by atoms with Gasteiger partial charge in [-0.1, -0.05) is 44.2 Å². The number of carbonyl (C=O) groups is 2. The zero-order chi connectivity index (χ0) is 20.2. The fourth-order valence-electron chi connectivity index (χ4n) is 4.41. The molecule has 2 heterocycles. The summed E-state index contributed by atoms with van der Waals surface area (Å²) in [6.07, 6.45) is 3.29.